The number of ketones is 1. The number of anilines is 1. The Morgan fingerprint density at radius 1 is 1.00 bits per heavy atom. The molecule has 140 valence electrons. The molecule has 0 bridgehead atoms. The van der Waals surface area contributed by atoms with Crippen LogP contribution in [0.4, 0.5) is 5.13 Å². The van der Waals surface area contributed by atoms with Gasteiger partial charge in [0.15, 0.2) is 0 Å². The second-order valence-electron chi connectivity index (χ2n) is 6.67. The Kier molecular flexibility index (Phi) is 4.52. The Balaban J connectivity index is 1.93. The van der Waals surface area contributed by atoms with Crippen molar-refractivity contribution in [3.63, 3.8) is 0 Å². The van der Waals surface area contributed by atoms with E-state index in [0.29, 0.717) is 16.3 Å². The average molecular weight is 391 g/mol. The number of carbonyl (C=O) groups excluding carboxylic acids is 2. The number of benzene rings is 2. The first-order chi connectivity index (χ1) is 13.5. The first-order valence-corrected chi connectivity index (χ1v) is 9.56. The fourth-order valence-corrected chi connectivity index (χ4v) is 3.82. The molecule has 0 spiro atoms. The summed E-state index contributed by atoms with van der Waals surface area (Å²) in [5.74, 6) is -1.66. The highest BCUT2D eigenvalue weighted by atomic mass is 32.1. The first kappa shape index (κ1) is 18.1. The maximum absolute atomic E-state index is 12.9. The largest absolute Gasteiger partial charge is 0.507 e. The molecule has 4 rings (SSSR count). The van der Waals surface area contributed by atoms with Crippen LogP contribution in [0.2, 0.25) is 0 Å². The number of Topliss-reactive ketones (excluding diaryl/α,β-unsaturated/α-hetero) is 1. The van der Waals surface area contributed by atoms with Gasteiger partial charge in [0.1, 0.15) is 11.3 Å². The quantitative estimate of drug-likeness (QED) is 0.417. The van der Waals surface area contributed by atoms with E-state index in [9.17, 15) is 14.7 Å². The minimum absolute atomic E-state index is 0.0490. The zero-order valence-corrected chi connectivity index (χ0v) is 16.1. The number of nitrogens with zero attached hydrogens (tertiary/aromatic N) is 3. The van der Waals surface area contributed by atoms with Crippen LogP contribution in [0, 0.1) is 13.8 Å². The topological polar surface area (TPSA) is 83.4 Å². The maximum atomic E-state index is 12.9. The average Bonchev–Trinajstić information content (AvgIpc) is 3.30. The molecule has 2 aromatic carbocycles. The highest BCUT2D eigenvalue weighted by Crippen LogP contribution is 2.42. The summed E-state index contributed by atoms with van der Waals surface area (Å²) in [7, 11) is 0. The lowest BCUT2D eigenvalue weighted by atomic mass is 9.94. The van der Waals surface area contributed by atoms with Crippen molar-refractivity contribution in [1.82, 2.24) is 10.2 Å². The van der Waals surface area contributed by atoms with E-state index in [1.165, 1.54) is 21.7 Å². The van der Waals surface area contributed by atoms with Gasteiger partial charge < -0.3 is 5.11 Å². The zero-order chi connectivity index (χ0) is 19.8. The van der Waals surface area contributed by atoms with Crippen LogP contribution in [0.25, 0.3) is 5.76 Å². The Labute approximate surface area is 165 Å². The summed E-state index contributed by atoms with van der Waals surface area (Å²) in [6.45, 7) is 3.89. The number of aliphatic hydroxyl groups excluding tert-OH is 1. The maximum Gasteiger partial charge on any atom is 0.301 e. The molecule has 1 saturated heterocycles. The molecule has 1 aliphatic rings. The summed E-state index contributed by atoms with van der Waals surface area (Å²) in [4.78, 5) is 27.0. The molecule has 1 aliphatic heterocycles. The molecule has 0 saturated carbocycles. The zero-order valence-electron chi connectivity index (χ0n) is 15.3. The second-order valence-corrected chi connectivity index (χ2v) is 7.48. The van der Waals surface area contributed by atoms with E-state index in [1.54, 1.807) is 12.1 Å². The van der Waals surface area contributed by atoms with E-state index in [4.69, 9.17) is 0 Å². The van der Waals surface area contributed by atoms with Gasteiger partial charge in [-0.15, -0.1) is 10.2 Å². The number of hydrogen-bond donors (Lipinski definition) is 1. The molecule has 28 heavy (non-hydrogen) atoms. The minimum Gasteiger partial charge on any atom is -0.507 e. The number of aliphatic hydroxyl groups is 1. The third-order valence-electron chi connectivity index (χ3n) is 4.72. The molecule has 0 unspecified atom stereocenters. The molecule has 1 fully saturated rings. The van der Waals surface area contributed by atoms with Gasteiger partial charge in [-0.05, 0) is 19.4 Å². The van der Waals surface area contributed by atoms with Crippen molar-refractivity contribution in [3.05, 3.63) is 81.9 Å². The van der Waals surface area contributed by atoms with E-state index in [1.807, 2.05) is 50.2 Å². The number of carbonyl (C=O) groups is 2. The molecule has 7 heteroatoms. The minimum atomic E-state index is -0.769. The van der Waals surface area contributed by atoms with Gasteiger partial charge in [-0.25, -0.2) is 0 Å². The van der Waals surface area contributed by atoms with Crippen molar-refractivity contribution in [2.75, 3.05) is 4.90 Å². The third-order valence-corrected chi connectivity index (χ3v) is 5.41. The summed E-state index contributed by atoms with van der Waals surface area (Å²) in [5, 5.41) is 19.0. The summed E-state index contributed by atoms with van der Waals surface area (Å²) >= 11 is 1.17. The van der Waals surface area contributed by atoms with Gasteiger partial charge in [-0.2, -0.15) is 0 Å². The van der Waals surface area contributed by atoms with Gasteiger partial charge in [-0.1, -0.05) is 71.0 Å². The summed E-state index contributed by atoms with van der Waals surface area (Å²) in [6, 6.07) is 13.9. The number of rotatable bonds is 3. The Bertz CT molecular complexity index is 1070. The molecule has 1 amide bonds. The van der Waals surface area contributed by atoms with Gasteiger partial charge in [0, 0.05) is 5.56 Å². The molecule has 1 aromatic heterocycles. The summed E-state index contributed by atoms with van der Waals surface area (Å²) < 4.78 is 0. The van der Waals surface area contributed by atoms with Gasteiger partial charge in [0.05, 0.1) is 11.6 Å². The molecule has 0 aliphatic carbocycles. The molecule has 1 atom stereocenters. The van der Waals surface area contributed by atoms with Crippen LogP contribution in [0.15, 0.2) is 59.6 Å². The van der Waals surface area contributed by atoms with Gasteiger partial charge >= 0.3 is 5.91 Å². The summed E-state index contributed by atoms with van der Waals surface area (Å²) in [6.07, 6.45) is 0. The van der Waals surface area contributed by atoms with Crippen molar-refractivity contribution in [2.24, 2.45) is 0 Å². The molecule has 1 N–H and O–H groups in total. The van der Waals surface area contributed by atoms with Crippen LogP contribution in [0.5, 0.6) is 0 Å². The second kappa shape index (κ2) is 7.01. The Morgan fingerprint density at radius 3 is 2.18 bits per heavy atom. The number of hydrogen-bond acceptors (Lipinski definition) is 6. The van der Waals surface area contributed by atoms with Crippen molar-refractivity contribution in [2.45, 2.75) is 19.9 Å². The Hall–Kier alpha value is -3.32. The van der Waals surface area contributed by atoms with E-state index in [0.717, 1.165) is 11.1 Å². The van der Waals surface area contributed by atoms with Crippen LogP contribution in [0.1, 0.15) is 28.3 Å². The lowest BCUT2D eigenvalue weighted by Crippen LogP contribution is -2.29. The normalized spacial score (nSPS) is 18.6. The van der Waals surface area contributed by atoms with Crippen LogP contribution in [0.3, 0.4) is 0 Å². The number of aromatic nitrogens is 2. The van der Waals surface area contributed by atoms with Crippen LogP contribution in [-0.2, 0) is 9.59 Å². The molecule has 0 radical (unpaired) electrons. The Morgan fingerprint density at radius 2 is 1.61 bits per heavy atom. The predicted octanol–water partition coefficient (Wildman–Crippen LogP) is 3.78. The lowest BCUT2D eigenvalue weighted by Gasteiger charge is -2.22. The molecular weight excluding hydrogens is 374 g/mol. The van der Waals surface area contributed by atoms with Crippen LogP contribution >= 0.6 is 11.3 Å². The van der Waals surface area contributed by atoms with Crippen molar-refractivity contribution in [1.29, 1.82) is 0 Å². The van der Waals surface area contributed by atoms with Crippen LogP contribution in [-0.4, -0.2) is 27.0 Å². The van der Waals surface area contributed by atoms with Gasteiger partial charge in [0.2, 0.25) is 5.13 Å². The highest BCUT2D eigenvalue weighted by molar-refractivity contribution is 7.13. The van der Waals surface area contributed by atoms with E-state index in [-0.39, 0.29) is 11.3 Å². The third kappa shape index (κ3) is 2.99. The molecule has 2 heterocycles. The lowest BCUT2D eigenvalue weighted by molar-refractivity contribution is -0.132. The molecule has 3 aromatic rings. The van der Waals surface area contributed by atoms with E-state index in [2.05, 4.69) is 10.2 Å². The highest BCUT2D eigenvalue weighted by Gasteiger charge is 2.48. The van der Waals surface area contributed by atoms with Crippen molar-refractivity contribution in [3.8, 4) is 0 Å². The number of aryl methyl sites for hydroxylation is 2. The van der Waals surface area contributed by atoms with Gasteiger partial charge in [0.25, 0.3) is 5.78 Å². The van der Waals surface area contributed by atoms with Crippen LogP contribution < -0.4 is 4.90 Å². The summed E-state index contributed by atoms with van der Waals surface area (Å²) in [5.41, 5.74) is 4.83. The fourth-order valence-electron chi connectivity index (χ4n) is 3.23. The van der Waals surface area contributed by atoms with Crippen molar-refractivity contribution >= 4 is 33.9 Å². The van der Waals surface area contributed by atoms with Gasteiger partial charge in [-0.3, -0.25) is 14.5 Å². The smallest absolute Gasteiger partial charge is 0.301 e. The monoisotopic (exact) mass is 391 g/mol. The molecule has 6 nitrogen and oxygen atoms in total. The molecular formula is C21H17N3O3S. The fraction of sp³-hybridized carbons (Fsp3) is 0.143. The van der Waals surface area contributed by atoms with E-state index < -0.39 is 17.7 Å². The number of amides is 1. The SMILES string of the molecule is Cc1ccc(/C(O)=C2\C(=O)C(=O)N(c3nncs3)[C@H]2c2ccc(C)cc2)cc1. The van der Waals surface area contributed by atoms with E-state index >= 15 is 0 Å². The predicted molar refractivity (Wildman–Crippen MR) is 107 cm³/mol. The first-order valence-electron chi connectivity index (χ1n) is 8.68. The standard InChI is InChI=1S/C21H17N3O3S/c1-12-3-7-14(8-4-12)17-16(18(25)15-9-5-13(2)6-10-15)19(26)20(27)24(17)21-23-22-11-28-21/h3-11,17,25H,1-2H3/b18-16+/t17-/m0/s1. The van der Waals surface area contributed by atoms with Crippen molar-refractivity contribution < 1.29 is 14.7 Å².